The van der Waals surface area contributed by atoms with Crippen molar-refractivity contribution in [1.82, 2.24) is 0 Å². The quantitative estimate of drug-likeness (QED) is 0.374. The minimum absolute atomic E-state index is 0.531. The Bertz CT molecular complexity index is 321. The van der Waals surface area contributed by atoms with Crippen LogP contribution in [0.4, 0.5) is 0 Å². The van der Waals surface area contributed by atoms with Gasteiger partial charge in [0.05, 0.1) is 0 Å². The average molecular weight is 164 g/mol. The molecule has 0 aliphatic carbocycles. The lowest BCUT2D eigenvalue weighted by atomic mass is 10.2. The molecule has 62 valence electrons. The van der Waals surface area contributed by atoms with Gasteiger partial charge in [-0.05, 0) is 12.1 Å². The first-order chi connectivity index (χ1) is 5.68. The molecule has 1 heterocycles. The maximum atomic E-state index is 10.7. The molecular formula is C8H8N2O2. The first kappa shape index (κ1) is 8.26. The van der Waals surface area contributed by atoms with E-state index < -0.39 is 5.91 Å². The molecule has 0 aromatic carbocycles. The van der Waals surface area contributed by atoms with Gasteiger partial charge in [0.25, 0.3) is 0 Å². The van der Waals surface area contributed by atoms with E-state index in [0.29, 0.717) is 10.3 Å². The summed E-state index contributed by atoms with van der Waals surface area (Å²) in [5.74, 6) is -0.531. The summed E-state index contributed by atoms with van der Waals surface area (Å²) >= 11 is 0. The predicted octanol–water partition coefficient (Wildman–Crippen LogP) is -0.181. The molecule has 0 saturated carbocycles. The second kappa shape index (κ2) is 3.52. The standard InChI is InChI=1S/C8H8N2O2/c9-8(11)4-3-7-2-1-5-10(12)6-7/h1-6H,(H2,9,11). The van der Waals surface area contributed by atoms with Crippen molar-refractivity contribution in [2.75, 3.05) is 0 Å². The molecule has 0 saturated heterocycles. The number of amides is 1. The SMILES string of the molecule is NC(=O)C=Cc1ccc[n+]([O-])c1. The number of nitrogens with two attached hydrogens (primary N) is 1. The van der Waals surface area contributed by atoms with Crippen LogP contribution in [-0.4, -0.2) is 5.91 Å². The van der Waals surface area contributed by atoms with E-state index in [0.717, 1.165) is 0 Å². The van der Waals surface area contributed by atoms with Crippen LogP contribution in [0.3, 0.4) is 0 Å². The van der Waals surface area contributed by atoms with Crippen LogP contribution >= 0.6 is 0 Å². The molecule has 1 aromatic heterocycles. The lowest BCUT2D eigenvalue weighted by Gasteiger charge is -1.94. The molecule has 4 nitrogen and oxygen atoms in total. The fourth-order valence-corrected chi connectivity index (χ4v) is 0.749. The van der Waals surface area contributed by atoms with Crippen LogP contribution < -0.4 is 10.5 Å². The smallest absolute Gasteiger partial charge is 0.241 e. The Hall–Kier alpha value is -1.84. The van der Waals surface area contributed by atoms with E-state index in [9.17, 15) is 10.0 Å². The van der Waals surface area contributed by atoms with Gasteiger partial charge in [-0.1, -0.05) is 0 Å². The Morgan fingerprint density at radius 3 is 3.00 bits per heavy atom. The van der Waals surface area contributed by atoms with Crippen molar-refractivity contribution in [2.45, 2.75) is 0 Å². The highest BCUT2D eigenvalue weighted by molar-refractivity contribution is 5.90. The molecule has 0 bridgehead atoms. The maximum Gasteiger partial charge on any atom is 0.241 e. The molecule has 1 amide bonds. The number of aromatic nitrogens is 1. The molecule has 0 unspecified atom stereocenters. The summed E-state index contributed by atoms with van der Waals surface area (Å²) in [5.41, 5.74) is 5.51. The molecule has 0 radical (unpaired) electrons. The van der Waals surface area contributed by atoms with Gasteiger partial charge in [0.1, 0.15) is 0 Å². The van der Waals surface area contributed by atoms with Crippen molar-refractivity contribution in [3.63, 3.8) is 0 Å². The highest BCUT2D eigenvalue weighted by atomic mass is 16.5. The van der Waals surface area contributed by atoms with Crippen LogP contribution in [0.1, 0.15) is 5.56 Å². The largest absolute Gasteiger partial charge is 0.619 e. The number of hydrogen-bond acceptors (Lipinski definition) is 2. The first-order valence-corrected chi connectivity index (χ1v) is 3.35. The van der Waals surface area contributed by atoms with Gasteiger partial charge in [-0.25, -0.2) is 0 Å². The summed E-state index contributed by atoms with van der Waals surface area (Å²) in [6.07, 6.45) is 5.40. The third-order valence-electron chi connectivity index (χ3n) is 1.24. The summed E-state index contributed by atoms with van der Waals surface area (Å²) in [7, 11) is 0. The molecule has 12 heavy (non-hydrogen) atoms. The van der Waals surface area contributed by atoms with Gasteiger partial charge in [-0.3, -0.25) is 4.79 Å². The Labute approximate surface area is 69.5 Å². The van der Waals surface area contributed by atoms with Crippen LogP contribution in [0.15, 0.2) is 30.6 Å². The molecule has 0 aliphatic heterocycles. The van der Waals surface area contributed by atoms with Gasteiger partial charge in [0, 0.05) is 17.7 Å². The predicted molar refractivity (Wildman–Crippen MR) is 43.6 cm³/mol. The third-order valence-corrected chi connectivity index (χ3v) is 1.24. The Morgan fingerprint density at radius 2 is 2.42 bits per heavy atom. The number of hydrogen-bond donors (Lipinski definition) is 1. The number of pyridine rings is 1. The van der Waals surface area contributed by atoms with Crippen molar-refractivity contribution in [2.24, 2.45) is 5.73 Å². The Kier molecular flexibility index (Phi) is 2.42. The first-order valence-electron chi connectivity index (χ1n) is 3.35. The van der Waals surface area contributed by atoms with Crippen LogP contribution in [-0.2, 0) is 4.79 Å². The Balaban J connectivity index is 2.83. The zero-order chi connectivity index (χ0) is 8.97. The summed E-state index contributed by atoms with van der Waals surface area (Å²) in [5, 5.41) is 10.7. The molecule has 0 spiro atoms. The molecule has 4 heteroatoms. The van der Waals surface area contributed by atoms with Crippen molar-refractivity contribution in [3.8, 4) is 0 Å². The second-order valence-electron chi connectivity index (χ2n) is 2.23. The van der Waals surface area contributed by atoms with E-state index in [-0.39, 0.29) is 0 Å². The topological polar surface area (TPSA) is 70.0 Å². The van der Waals surface area contributed by atoms with E-state index in [4.69, 9.17) is 5.73 Å². The Morgan fingerprint density at radius 1 is 1.67 bits per heavy atom. The molecular weight excluding hydrogens is 156 g/mol. The van der Waals surface area contributed by atoms with Gasteiger partial charge in [0.15, 0.2) is 12.4 Å². The highest BCUT2D eigenvalue weighted by Gasteiger charge is 1.91. The van der Waals surface area contributed by atoms with E-state index in [1.807, 2.05) is 0 Å². The lowest BCUT2D eigenvalue weighted by Crippen LogP contribution is -2.24. The number of carbonyl (C=O) groups excluding carboxylic acids is 1. The van der Waals surface area contributed by atoms with Crippen molar-refractivity contribution in [1.29, 1.82) is 0 Å². The summed E-state index contributed by atoms with van der Waals surface area (Å²) in [4.78, 5) is 10.3. The lowest BCUT2D eigenvalue weighted by molar-refractivity contribution is -0.605. The van der Waals surface area contributed by atoms with Crippen LogP contribution in [0, 0.1) is 5.21 Å². The average Bonchev–Trinajstić information content (AvgIpc) is 2.01. The summed E-state index contributed by atoms with van der Waals surface area (Å²) in [6, 6.07) is 3.29. The van der Waals surface area contributed by atoms with E-state index in [2.05, 4.69) is 0 Å². The third kappa shape index (κ3) is 2.42. The second-order valence-corrected chi connectivity index (χ2v) is 2.23. The molecule has 2 N–H and O–H groups in total. The van der Waals surface area contributed by atoms with Crippen LogP contribution in [0.25, 0.3) is 6.08 Å². The van der Waals surface area contributed by atoms with E-state index >= 15 is 0 Å². The zero-order valence-electron chi connectivity index (χ0n) is 6.31. The fraction of sp³-hybridized carbons (Fsp3) is 0. The normalized spacial score (nSPS) is 10.3. The van der Waals surface area contributed by atoms with E-state index in [1.54, 1.807) is 12.1 Å². The molecule has 1 aromatic rings. The molecule has 1 rings (SSSR count). The van der Waals surface area contributed by atoms with Gasteiger partial charge < -0.3 is 10.9 Å². The molecule has 0 aliphatic rings. The number of primary amides is 1. The zero-order valence-corrected chi connectivity index (χ0v) is 6.31. The number of rotatable bonds is 2. The minimum Gasteiger partial charge on any atom is -0.619 e. The van der Waals surface area contributed by atoms with Gasteiger partial charge in [-0.15, -0.1) is 0 Å². The van der Waals surface area contributed by atoms with Crippen molar-refractivity contribution >= 4 is 12.0 Å². The van der Waals surface area contributed by atoms with E-state index in [1.165, 1.54) is 24.5 Å². The monoisotopic (exact) mass is 164 g/mol. The summed E-state index contributed by atoms with van der Waals surface area (Å²) in [6.45, 7) is 0. The van der Waals surface area contributed by atoms with Gasteiger partial charge in [0.2, 0.25) is 5.91 Å². The van der Waals surface area contributed by atoms with Crippen LogP contribution in [0.2, 0.25) is 0 Å². The number of carbonyl (C=O) groups is 1. The fourth-order valence-electron chi connectivity index (χ4n) is 0.749. The molecule has 0 fully saturated rings. The minimum atomic E-state index is -0.531. The highest BCUT2D eigenvalue weighted by Crippen LogP contribution is 1.96. The number of nitrogens with zero attached hydrogens (tertiary/aromatic N) is 1. The van der Waals surface area contributed by atoms with Gasteiger partial charge in [-0.2, -0.15) is 4.73 Å². The van der Waals surface area contributed by atoms with Crippen molar-refractivity contribution < 1.29 is 9.52 Å². The van der Waals surface area contributed by atoms with Gasteiger partial charge >= 0.3 is 0 Å². The van der Waals surface area contributed by atoms with Crippen molar-refractivity contribution in [3.05, 3.63) is 41.4 Å². The molecule has 0 atom stereocenters. The van der Waals surface area contributed by atoms with Crippen LogP contribution in [0.5, 0.6) is 0 Å². The summed E-state index contributed by atoms with van der Waals surface area (Å²) < 4.78 is 0.653. The maximum absolute atomic E-state index is 10.7.